The van der Waals surface area contributed by atoms with E-state index >= 15 is 0 Å². The lowest BCUT2D eigenvalue weighted by Gasteiger charge is -2.13. The van der Waals surface area contributed by atoms with Crippen LogP contribution in [0.2, 0.25) is 5.02 Å². The number of halogens is 4. The van der Waals surface area contributed by atoms with Crippen LogP contribution in [0.4, 0.5) is 29.3 Å². The molecular formula is C23H18ClF3N6O3. The number of carbonyl (C=O) groups excluding carboxylic acids is 1. The van der Waals surface area contributed by atoms with Gasteiger partial charge in [-0.1, -0.05) is 17.7 Å². The molecule has 0 radical (unpaired) electrons. The SMILES string of the molecule is O=C(Nc1cccc(Oc2cc(-c3ccn(CCO)n3)ncn2)c1)Nc1ccc(Cl)c(C(F)(F)F)c1. The first-order valence-electron chi connectivity index (χ1n) is 10.4. The van der Waals surface area contributed by atoms with Crippen LogP contribution in [0, 0.1) is 0 Å². The fourth-order valence-electron chi connectivity index (χ4n) is 3.13. The van der Waals surface area contributed by atoms with Crippen molar-refractivity contribution in [2.45, 2.75) is 12.7 Å². The van der Waals surface area contributed by atoms with Crippen LogP contribution in [0.25, 0.3) is 11.4 Å². The number of aliphatic hydroxyl groups excluding tert-OH is 1. The number of nitrogens with zero attached hydrogens (tertiary/aromatic N) is 4. The van der Waals surface area contributed by atoms with E-state index in [0.29, 0.717) is 29.4 Å². The number of alkyl halides is 3. The van der Waals surface area contributed by atoms with Crippen molar-refractivity contribution in [1.29, 1.82) is 0 Å². The summed E-state index contributed by atoms with van der Waals surface area (Å²) in [6, 6.07) is 12.0. The highest BCUT2D eigenvalue weighted by Gasteiger charge is 2.33. The number of hydrogen-bond donors (Lipinski definition) is 3. The number of carbonyl (C=O) groups is 1. The third-order valence-electron chi connectivity index (χ3n) is 4.72. The summed E-state index contributed by atoms with van der Waals surface area (Å²) >= 11 is 5.60. The van der Waals surface area contributed by atoms with Gasteiger partial charge in [0, 0.05) is 29.7 Å². The number of aromatic nitrogens is 4. The quantitative estimate of drug-likeness (QED) is 0.300. The van der Waals surface area contributed by atoms with Gasteiger partial charge in [-0.15, -0.1) is 0 Å². The maximum Gasteiger partial charge on any atom is 0.417 e. The van der Waals surface area contributed by atoms with Gasteiger partial charge in [0.1, 0.15) is 17.8 Å². The van der Waals surface area contributed by atoms with Crippen molar-refractivity contribution in [1.82, 2.24) is 19.7 Å². The molecule has 0 aliphatic heterocycles. The Labute approximate surface area is 207 Å². The number of urea groups is 1. The molecule has 0 saturated heterocycles. The van der Waals surface area contributed by atoms with E-state index in [1.54, 1.807) is 41.2 Å². The highest BCUT2D eigenvalue weighted by Crippen LogP contribution is 2.36. The number of anilines is 2. The lowest BCUT2D eigenvalue weighted by atomic mass is 10.2. The number of aliphatic hydroxyl groups is 1. The summed E-state index contributed by atoms with van der Waals surface area (Å²) in [5.41, 5.74) is 0.269. The summed E-state index contributed by atoms with van der Waals surface area (Å²) in [4.78, 5) is 20.6. The average molecular weight is 519 g/mol. The number of hydrogen-bond acceptors (Lipinski definition) is 6. The minimum absolute atomic E-state index is 0.0457. The van der Waals surface area contributed by atoms with Crippen molar-refractivity contribution in [3.63, 3.8) is 0 Å². The molecule has 186 valence electrons. The van der Waals surface area contributed by atoms with Gasteiger partial charge >= 0.3 is 12.2 Å². The van der Waals surface area contributed by atoms with E-state index in [9.17, 15) is 18.0 Å². The standard InChI is InChI=1S/C23H18ClF3N6O3/c24-18-5-4-15(11-17(18)23(25,26)27)31-22(35)30-14-2-1-3-16(10-14)36-21-12-20(28-13-29-21)19-6-7-33(32-19)8-9-34/h1-7,10-13,34H,8-9H2,(H2,30,31,35). The van der Waals surface area contributed by atoms with Crippen molar-refractivity contribution in [2.75, 3.05) is 17.2 Å². The molecule has 0 bridgehead atoms. The second-order valence-electron chi connectivity index (χ2n) is 7.33. The van der Waals surface area contributed by atoms with Crippen molar-refractivity contribution in [3.8, 4) is 23.0 Å². The molecule has 4 rings (SSSR count). The zero-order valence-electron chi connectivity index (χ0n) is 18.3. The Morgan fingerprint density at radius 2 is 1.81 bits per heavy atom. The van der Waals surface area contributed by atoms with Crippen molar-refractivity contribution >= 4 is 29.0 Å². The molecule has 13 heteroatoms. The highest BCUT2D eigenvalue weighted by atomic mass is 35.5. The molecule has 0 unspecified atom stereocenters. The molecule has 0 fully saturated rings. The number of ether oxygens (including phenoxy) is 1. The van der Waals surface area contributed by atoms with Gasteiger partial charge in [0.05, 0.1) is 29.4 Å². The fourth-order valence-corrected chi connectivity index (χ4v) is 3.36. The summed E-state index contributed by atoms with van der Waals surface area (Å²) < 4.78 is 46.5. The Morgan fingerprint density at radius 3 is 2.56 bits per heavy atom. The van der Waals surface area contributed by atoms with Crippen LogP contribution < -0.4 is 15.4 Å². The maximum absolute atomic E-state index is 13.0. The predicted octanol–water partition coefficient (Wildman–Crippen LogP) is 5.44. The Kier molecular flexibility index (Phi) is 7.36. The fraction of sp³-hybridized carbons (Fsp3) is 0.130. The number of nitrogens with one attached hydrogen (secondary N) is 2. The Morgan fingerprint density at radius 1 is 1.03 bits per heavy atom. The second kappa shape index (κ2) is 10.6. The number of rotatable bonds is 7. The summed E-state index contributed by atoms with van der Waals surface area (Å²) in [5.74, 6) is 0.563. The summed E-state index contributed by atoms with van der Waals surface area (Å²) in [6.07, 6.45) is -1.63. The normalized spacial score (nSPS) is 11.2. The van der Waals surface area contributed by atoms with Gasteiger partial charge in [-0.2, -0.15) is 18.3 Å². The van der Waals surface area contributed by atoms with Crippen LogP contribution in [0.5, 0.6) is 11.6 Å². The smallest absolute Gasteiger partial charge is 0.417 e. The van der Waals surface area contributed by atoms with Crippen LogP contribution in [0.1, 0.15) is 5.56 Å². The van der Waals surface area contributed by atoms with Gasteiger partial charge in [0.25, 0.3) is 0 Å². The minimum Gasteiger partial charge on any atom is -0.439 e. The molecule has 3 N–H and O–H groups in total. The van der Waals surface area contributed by atoms with E-state index in [-0.39, 0.29) is 18.2 Å². The third kappa shape index (κ3) is 6.29. The molecule has 2 aromatic heterocycles. The second-order valence-corrected chi connectivity index (χ2v) is 7.74. The molecule has 9 nitrogen and oxygen atoms in total. The molecule has 0 saturated carbocycles. The minimum atomic E-state index is -4.66. The van der Waals surface area contributed by atoms with E-state index in [1.165, 1.54) is 18.5 Å². The Hall–Kier alpha value is -4.16. The number of benzene rings is 2. The monoisotopic (exact) mass is 518 g/mol. The predicted molar refractivity (Wildman–Crippen MR) is 126 cm³/mol. The molecule has 0 spiro atoms. The summed E-state index contributed by atoms with van der Waals surface area (Å²) in [6.45, 7) is 0.305. The van der Waals surface area contributed by atoms with Crippen LogP contribution in [0.15, 0.2) is 67.1 Å². The molecule has 2 amide bonds. The number of amides is 2. The van der Waals surface area contributed by atoms with E-state index < -0.39 is 22.8 Å². The molecular weight excluding hydrogens is 501 g/mol. The van der Waals surface area contributed by atoms with Gasteiger partial charge in [-0.3, -0.25) is 4.68 Å². The molecule has 36 heavy (non-hydrogen) atoms. The van der Waals surface area contributed by atoms with Gasteiger partial charge in [0.15, 0.2) is 0 Å². The van der Waals surface area contributed by atoms with Crippen molar-refractivity contribution in [2.24, 2.45) is 0 Å². The molecule has 2 aromatic carbocycles. The van der Waals surface area contributed by atoms with Crippen LogP contribution >= 0.6 is 11.6 Å². The van der Waals surface area contributed by atoms with Gasteiger partial charge in [0.2, 0.25) is 5.88 Å². The topological polar surface area (TPSA) is 114 Å². The first-order valence-corrected chi connectivity index (χ1v) is 10.8. The van der Waals surface area contributed by atoms with E-state index in [1.807, 2.05) is 0 Å². The summed E-state index contributed by atoms with van der Waals surface area (Å²) in [5, 5.41) is 17.7. The van der Waals surface area contributed by atoms with E-state index in [4.69, 9.17) is 21.4 Å². The van der Waals surface area contributed by atoms with Crippen LogP contribution in [-0.4, -0.2) is 37.5 Å². The molecule has 0 aliphatic rings. The van der Waals surface area contributed by atoms with Crippen molar-refractivity contribution < 1.29 is 27.8 Å². The zero-order valence-corrected chi connectivity index (χ0v) is 19.1. The first kappa shape index (κ1) is 24.9. The van der Waals surface area contributed by atoms with Crippen LogP contribution in [0.3, 0.4) is 0 Å². The first-order chi connectivity index (χ1) is 17.2. The van der Waals surface area contributed by atoms with Gasteiger partial charge in [-0.25, -0.2) is 14.8 Å². The van der Waals surface area contributed by atoms with E-state index in [2.05, 4.69) is 25.7 Å². The lowest BCUT2D eigenvalue weighted by molar-refractivity contribution is -0.137. The maximum atomic E-state index is 13.0. The molecule has 2 heterocycles. The highest BCUT2D eigenvalue weighted by molar-refractivity contribution is 6.31. The van der Waals surface area contributed by atoms with Crippen molar-refractivity contribution in [3.05, 3.63) is 77.7 Å². The molecule has 4 aromatic rings. The Bertz CT molecular complexity index is 1380. The average Bonchev–Trinajstić information content (AvgIpc) is 3.29. The zero-order chi connectivity index (χ0) is 25.7. The molecule has 0 aliphatic carbocycles. The van der Waals surface area contributed by atoms with E-state index in [0.717, 1.165) is 12.1 Å². The Balaban J connectivity index is 1.43. The van der Waals surface area contributed by atoms with Crippen LogP contribution in [-0.2, 0) is 12.7 Å². The summed E-state index contributed by atoms with van der Waals surface area (Å²) in [7, 11) is 0. The largest absolute Gasteiger partial charge is 0.439 e. The molecule has 0 atom stereocenters. The van der Waals surface area contributed by atoms with Gasteiger partial charge in [-0.05, 0) is 36.4 Å². The van der Waals surface area contributed by atoms with Gasteiger partial charge < -0.3 is 20.5 Å². The third-order valence-corrected chi connectivity index (χ3v) is 5.05. The lowest BCUT2D eigenvalue weighted by Crippen LogP contribution is -2.20.